The van der Waals surface area contributed by atoms with Crippen LogP contribution in [0.15, 0.2) is 30.3 Å². The van der Waals surface area contributed by atoms with Crippen LogP contribution in [0.25, 0.3) is 11.3 Å². The van der Waals surface area contributed by atoms with Crippen LogP contribution in [0.5, 0.6) is 0 Å². The molecule has 0 aliphatic heterocycles. The molecular weight excluding hydrogens is 272 g/mol. The van der Waals surface area contributed by atoms with Crippen LogP contribution < -0.4 is 4.90 Å². The third kappa shape index (κ3) is 2.82. The lowest BCUT2D eigenvalue weighted by molar-refractivity contribution is 0.0702. The van der Waals surface area contributed by atoms with Crippen LogP contribution in [-0.2, 0) is 0 Å². The number of anilines is 1. The number of benzene rings is 1. The molecule has 0 aliphatic rings. The van der Waals surface area contributed by atoms with Crippen molar-refractivity contribution in [2.24, 2.45) is 0 Å². The summed E-state index contributed by atoms with van der Waals surface area (Å²) in [6.45, 7) is 7.00. The minimum Gasteiger partial charge on any atom is -0.477 e. The Bertz CT molecular complexity index is 593. The van der Waals surface area contributed by atoms with Gasteiger partial charge in [-0.15, -0.1) is 0 Å². The zero-order chi connectivity index (χ0) is 14.7. The number of thiazole rings is 1. The second-order valence-corrected chi connectivity index (χ2v) is 5.70. The molecule has 1 aromatic carbocycles. The molecule has 106 valence electrons. The molecule has 5 heteroatoms. The van der Waals surface area contributed by atoms with Crippen LogP contribution in [0.1, 0.15) is 30.4 Å². The molecule has 20 heavy (non-hydrogen) atoms. The summed E-state index contributed by atoms with van der Waals surface area (Å²) in [4.78, 5) is 18.4. The number of carbonyl (C=O) groups is 1. The van der Waals surface area contributed by atoms with Gasteiger partial charge < -0.3 is 10.0 Å². The van der Waals surface area contributed by atoms with Gasteiger partial charge in [0.2, 0.25) is 0 Å². The van der Waals surface area contributed by atoms with E-state index >= 15 is 0 Å². The predicted octanol–water partition coefficient (Wildman–Crippen LogP) is 3.74. The third-order valence-corrected chi connectivity index (χ3v) is 4.15. The maximum atomic E-state index is 11.4. The van der Waals surface area contributed by atoms with E-state index in [2.05, 4.69) is 23.7 Å². The van der Waals surface area contributed by atoms with Gasteiger partial charge in [0, 0.05) is 18.2 Å². The highest BCUT2D eigenvalue weighted by atomic mass is 32.1. The van der Waals surface area contributed by atoms with Gasteiger partial charge >= 0.3 is 5.97 Å². The highest BCUT2D eigenvalue weighted by molar-refractivity contribution is 7.17. The number of hydrogen-bond donors (Lipinski definition) is 1. The summed E-state index contributed by atoms with van der Waals surface area (Å²) in [6.07, 6.45) is 0. The molecule has 0 fully saturated rings. The van der Waals surface area contributed by atoms with Gasteiger partial charge in [-0.3, -0.25) is 0 Å². The quantitative estimate of drug-likeness (QED) is 0.911. The topological polar surface area (TPSA) is 53.4 Å². The number of rotatable bonds is 5. The average molecular weight is 290 g/mol. The van der Waals surface area contributed by atoms with Crippen molar-refractivity contribution in [3.8, 4) is 11.3 Å². The second-order valence-electron chi connectivity index (χ2n) is 4.73. The van der Waals surface area contributed by atoms with Crippen molar-refractivity contribution in [2.75, 3.05) is 11.4 Å². The minimum atomic E-state index is -0.924. The lowest BCUT2D eigenvalue weighted by atomic mass is 10.1. The standard InChI is InChI=1S/C15H18N2O2S/c1-4-17(10(2)3)15-16-12(13(20-15)14(18)19)11-8-6-5-7-9-11/h5-10H,4H2,1-3H3,(H,18,19). The number of nitrogens with zero attached hydrogens (tertiary/aromatic N) is 2. The summed E-state index contributed by atoms with van der Waals surface area (Å²) in [5.74, 6) is -0.924. The Morgan fingerprint density at radius 1 is 1.35 bits per heavy atom. The molecule has 0 amide bonds. The van der Waals surface area contributed by atoms with E-state index in [-0.39, 0.29) is 6.04 Å². The normalized spacial score (nSPS) is 10.8. The van der Waals surface area contributed by atoms with E-state index in [9.17, 15) is 9.90 Å². The Labute approximate surface area is 122 Å². The van der Waals surface area contributed by atoms with Crippen LogP contribution in [0.3, 0.4) is 0 Å². The smallest absolute Gasteiger partial charge is 0.348 e. The lowest BCUT2D eigenvalue weighted by Crippen LogP contribution is -2.30. The predicted molar refractivity (Wildman–Crippen MR) is 82.7 cm³/mol. The average Bonchev–Trinajstić information content (AvgIpc) is 2.85. The lowest BCUT2D eigenvalue weighted by Gasteiger charge is -2.23. The zero-order valence-electron chi connectivity index (χ0n) is 11.8. The minimum absolute atomic E-state index is 0.288. The first-order valence-corrected chi connectivity index (χ1v) is 7.42. The van der Waals surface area contributed by atoms with E-state index in [1.54, 1.807) is 0 Å². The molecule has 0 aliphatic carbocycles. The first-order chi connectivity index (χ1) is 9.54. The molecule has 0 radical (unpaired) electrons. The van der Waals surface area contributed by atoms with Crippen molar-refractivity contribution in [2.45, 2.75) is 26.8 Å². The Morgan fingerprint density at radius 2 is 2.00 bits per heavy atom. The molecule has 2 rings (SSSR count). The Balaban J connectivity index is 2.52. The van der Waals surface area contributed by atoms with Crippen molar-refractivity contribution in [3.63, 3.8) is 0 Å². The number of carboxylic acids is 1. The van der Waals surface area contributed by atoms with Crippen LogP contribution in [0.2, 0.25) is 0 Å². The number of aromatic nitrogens is 1. The summed E-state index contributed by atoms with van der Waals surface area (Å²) in [5.41, 5.74) is 1.39. The molecule has 0 bridgehead atoms. The van der Waals surface area contributed by atoms with E-state index in [1.807, 2.05) is 37.3 Å². The largest absolute Gasteiger partial charge is 0.477 e. The van der Waals surface area contributed by atoms with Crippen molar-refractivity contribution in [1.82, 2.24) is 4.98 Å². The van der Waals surface area contributed by atoms with Crippen LogP contribution in [-0.4, -0.2) is 28.6 Å². The Morgan fingerprint density at radius 3 is 2.50 bits per heavy atom. The third-order valence-electron chi connectivity index (χ3n) is 3.07. The van der Waals surface area contributed by atoms with Crippen molar-refractivity contribution >= 4 is 22.4 Å². The molecule has 1 N–H and O–H groups in total. The van der Waals surface area contributed by atoms with Crippen LogP contribution in [0.4, 0.5) is 5.13 Å². The first kappa shape index (κ1) is 14.5. The maximum Gasteiger partial charge on any atom is 0.348 e. The molecule has 1 aromatic heterocycles. The van der Waals surface area contributed by atoms with Gasteiger partial charge in [-0.05, 0) is 20.8 Å². The van der Waals surface area contributed by atoms with E-state index in [4.69, 9.17) is 0 Å². The van der Waals surface area contributed by atoms with Crippen molar-refractivity contribution in [3.05, 3.63) is 35.2 Å². The molecular formula is C15H18N2O2S. The summed E-state index contributed by atoms with van der Waals surface area (Å²) >= 11 is 1.24. The number of carboxylic acid groups (broad SMARTS) is 1. The van der Waals surface area contributed by atoms with Gasteiger partial charge in [0.25, 0.3) is 0 Å². The van der Waals surface area contributed by atoms with Gasteiger partial charge in [0.15, 0.2) is 5.13 Å². The monoisotopic (exact) mass is 290 g/mol. The van der Waals surface area contributed by atoms with Gasteiger partial charge in [0.1, 0.15) is 4.88 Å². The Kier molecular flexibility index (Phi) is 4.39. The van der Waals surface area contributed by atoms with Gasteiger partial charge in [-0.2, -0.15) is 0 Å². The zero-order valence-corrected chi connectivity index (χ0v) is 12.6. The summed E-state index contributed by atoms with van der Waals surface area (Å²) in [7, 11) is 0. The first-order valence-electron chi connectivity index (χ1n) is 6.60. The van der Waals surface area contributed by atoms with Crippen LogP contribution >= 0.6 is 11.3 Å². The fraction of sp³-hybridized carbons (Fsp3) is 0.333. The molecule has 0 saturated heterocycles. The van der Waals surface area contributed by atoms with Crippen molar-refractivity contribution < 1.29 is 9.90 Å². The molecule has 0 saturated carbocycles. The highest BCUT2D eigenvalue weighted by Gasteiger charge is 2.22. The van der Waals surface area contributed by atoms with E-state index in [0.717, 1.165) is 17.2 Å². The summed E-state index contributed by atoms with van der Waals surface area (Å²) in [6, 6.07) is 9.74. The second kappa shape index (κ2) is 6.05. The fourth-order valence-electron chi connectivity index (χ4n) is 2.09. The molecule has 0 spiro atoms. The van der Waals surface area contributed by atoms with Gasteiger partial charge in [-0.25, -0.2) is 9.78 Å². The number of hydrogen-bond acceptors (Lipinski definition) is 4. The molecule has 0 unspecified atom stereocenters. The molecule has 4 nitrogen and oxygen atoms in total. The van der Waals surface area contributed by atoms with Crippen molar-refractivity contribution in [1.29, 1.82) is 0 Å². The molecule has 0 atom stereocenters. The Hall–Kier alpha value is -1.88. The van der Waals surface area contributed by atoms with E-state index in [0.29, 0.717) is 10.6 Å². The fourth-order valence-corrected chi connectivity index (χ4v) is 3.21. The van der Waals surface area contributed by atoms with E-state index in [1.165, 1.54) is 11.3 Å². The highest BCUT2D eigenvalue weighted by Crippen LogP contribution is 2.33. The van der Waals surface area contributed by atoms with Gasteiger partial charge in [-0.1, -0.05) is 41.7 Å². The number of aromatic carboxylic acids is 1. The summed E-state index contributed by atoms with van der Waals surface area (Å²) < 4.78 is 0. The maximum absolute atomic E-state index is 11.4. The SMILES string of the molecule is CCN(c1nc(-c2ccccc2)c(C(=O)O)s1)C(C)C. The van der Waals surface area contributed by atoms with Crippen LogP contribution in [0, 0.1) is 0 Å². The molecule has 2 aromatic rings. The summed E-state index contributed by atoms with van der Waals surface area (Å²) in [5, 5.41) is 10.1. The van der Waals surface area contributed by atoms with E-state index < -0.39 is 5.97 Å². The van der Waals surface area contributed by atoms with Gasteiger partial charge in [0.05, 0.1) is 5.69 Å². The molecule has 1 heterocycles.